The van der Waals surface area contributed by atoms with Crippen molar-refractivity contribution >= 4 is 17.7 Å². The van der Waals surface area contributed by atoms with E-state index in [0.717, 1.165) is 5.82 Å². The van der Waals surface area contributed by atoms with Gasteiger partial charge in [-0.1, -0.05) is 0 Å². The van der Waals surface area contributed by atoms with Crippen molar-refractivity contribution in [2.24, 2.45) is 7.05 Å². The second kappa shape index (κ2) is 4.54. The van der Waals surface area contributed by atoms with Gasteiger partial charge in [0.25, 0.3) is 0 Å². The molecule has 0 atom stereocenters. The molecule has 17 heavy (non-hydrogen) atoms. The van der Waals surface area contributed by atoms with Crippen molar-refractivity contribution in [1.82, 2.24) is 19.7 Å². The number of nitrogens with zero attached hydrogens (tertiary/aromatic N) is 4. The van der Waals surface area contributed by atoms with Crippen molar-refractivity contribution < 1.29 is 9.90 Å². The van der Waals surface area contributed by atoms with Crippen molar-refractivity contribution in [3.8, 4) is 0 Å². The molecule has 6 nitrogen and oxygen atoms in total. The fraction of sp³-hybridized carbons (Fsp3) is 0.200. The van der Waals surface area contributed by atoms with E-state index >= 15 is 0 Å². The van der Waals surface area contributed by atoms with Crippen LogP contribution in [0, 0.1) is 6.92 Å². The summed E-state index contributed by atoms with van der Waals surface area (Å²) in [5.74, 6) is -0.224. The van der Waals surface area contributed by atoms with Crippen LogP contribution in [-0.4, -0.2) is 30.8 Å². The Kier molecular flexibility index (Phi) is 3.10. The summed E-state index contributed by atoms with van der Waals surface area (Å²) in [6.45, 7) is 1.84. The van der Waals surface area contributed by atoms with Gasteiger partial charge in [-0.25, -0.2) is 4.79 Å². The summed E-state index contributed by atoms with van der Waals surface area (Å²) in [4.78, 5) is 15.4. The Bertz CT molecular complexity index is 567. The van der Waals surface area contributed by atoms with Gasteiger partial charge in [-0.2, -0.15) is 0 Å². The number of rotatable bonds is 3. The third kappa shape index (κ3) is 2.28. The zero-order valence-corrected chi connectivity index (χ0v) is 10.1. The lowest BCUT2D eigenvalue weighted by Gasteiger charge is -2.04. The summed E-state index contributed by atoms with van der Waals surface area (Å²) in [5.41, 5.74) is 0.165. The van der Waals surface area contributed by atoms with E-state index < -0.39 is 5.97 Å². The van der Waals surface area contributed by atoms with Gasteiger partial charge in [-0.05, 0) is 24.8 Å². The van der Waals surface area contributed by atoms with Crippen molar-refractivity contribution in [3.63, 3.8) is 0 Å². The molecule has 7 heteroatoms. The SMILES string of the molecule is Cc1nnc(Sc2ccncc2C(=O)O)n1C. The second-order valence-electron chi connectivity index (χ2n) is 3.37. The Balaban J connectivity index is 2.36. The second-order valence-corrected chi connectivity index (χ2v) is 4.38. The molecule has 0 saturated heterocycles. The Labute approximate surface area is 102 Å². The summed E-state index contributed by atoms with van der Waals surface area (Å²) in [7, 11) is 1.83. The molecule has 0 spiro atoms. The predicted molar refractivity (Wildman–Crippen MR) is 61.1 cm³/mol. The molecule has 2 aromatic heterocycles. The Hall–Kier alpha value is -1.89. The molecule has 0 saturated carbocycles. The van der Waals surface area contributed by atoms with Crippen LogP contribution in [0.3, 0.4) is 0 Å². The van der Waals surface area contributed by atoms with Gasteiger partial charge in [0.15, 0.2) is 5.16 Å². The van der Waals surface area contributed by atoms with Crippen LogP contribution < -0.4 is 0 Å². The molecule has 2 heterocycles. The topological polar surface area (TPSA) is 80.9 Å². The number of carbonyl (C=O) groups is 1. The third-order valence-corrected chi connectivity index (χ3v) is 3.38. The molecule has 0 aliphatic rings. The van der Waals surface area contributed by atoms with Crippen LogP contribution >= 0.6 is 11.8 Å². The van der Waals surface area contributed by atoms with Gasteiger partial charge in [0, 0.05) is 24.3 Å². The van der Waals surface area contributed by atoms with Gasteiger partial charge >= 0.3 is 5.97 Å². The standard InChI is InChI=1S/C10H10N4O2S/c1-6-12-13-10(14(6)2)17-8-3-4-11-5-7(8)9(15)16/h3-5H,1-2H3,(H,15,16). The maximum absolute atomic E-state index is 11.0. The minimum absolute atomic E-state index is 0.165. The van der Waals surface area contributed by atoms with E-state index in [1.165, 1.54) is 18.0 Å². The van der Waals surface area contributed by atoms with E-state index in [-0.39, 0.29) is 5.56 Å². The maximum atomic E-state index is 11.0. The Morgan fingerprint density at radius 3 is 2.82 bits per heavy atom. The summed E-state index contributed by atoms with van der Waals surface area (Å²) in [6, 6.07) is 1.65. The molecular weight excluding hydrogens is 240 g/mol. The first-order chi connectivity index (χ1) is 8.09. The monoisotopic (exact) mass is 250 g/mol. The predicted octanol–water partition coefficient (Wildman–Crippen LogP) is 1.37. The smallest absolute Gasteiger partial charge is 0.338 e. The van der Waals surface area contributed by atoms with E-state index in [0.29, 0.717) is 10.1 Å². The van der Waals surface area contributed by atoms with Gasteiger partial charge in [0.2, 0.25) is 0 Å². The molecule has 88 valence electrons. The summed E-state index contributed by atoms with van der Waals surface area (Å²) in [5, 5.41) is 17.6. The van der Waals surface area contributed by atoms with Crippen LogP contribution in [-0.2, 0) is 7.05 Å². The average Bonchev–Trinajstić information content (AvgIpc) is 2.61. The third-order valence-electron chi connectivity index (χ3n) is 2.27. The van der Waals surface area contributed by atoms with E-state index in [9.17, 15) is 4.79 Å². The zero-order valence-electron chi connectivity index (χ0n) is 9.28. The minimum Gasteiger partial charge on any atom is -0.478 e. The fourth-order valence-electron chi connectivity index (χ4n) is 1.21. The summed E-state index contributed by atoms with van der Waals surface area (Å²) >= 11 is 1.26. The van der Waals surface area contributed by atoms with E-state index in [2.05, 4.69) is 15.2 Å². The molecule has 0 aliphatic heterocycles. The van der Waals surface area contributed by atoms with Gasteiger partial charge in [0.1, 0.15) is 5.82 Å². The maximum Gasteiger partial charge on any atom is 0.338 e. The number of hydrogen-bond acceptors (Lipinski definition) is 5. The van der Waals surface area contributed by atoms with Gasteiger partial charge in [-0.15, -0.1) is 10.2 Å². The van der Waals surface area contributed by atoms with Crippen LogP contribution in [0.4, 0.5) is 0 Å². The number of aryl methyl sites for hydroxylation is 1. The van der Waals surface area contributed by atoms with E-state index in [1.54, 1.807) is 16.8 Å². The molecule has 0 amide bonds. The fourth-order valence-corrected chi connectivity index (χ4v) is 2.13. The van der Waals surface area contributed by atoms with E-state index in [4.69, 9.17) is 5.11 Å². The molecule has 0 radical (unpaired) electrons. The van der Waals surface area contributed by atoms with Gasteiger partial charge in [-0.3, -0.25) is 4.98 Å². The quantitative estimate of drug-likeness (QED) is 0.886. The van der Waals surface area contributed by atoms with Crippen molar-refractivity contribution in [1.29, 1.82) is 0 Å². The molecule has 0 aromatic carbocycles. The van der Waals surface area contributed by atoms with Gasteiger partial charge < -0.3 is 9.67 Å². The summed E-state index contributed by atoms with van der Waals surface area (Å²) < 4.78 is 1.80. The normalized spacial score (nSPS) is 10.5. The largest absolute Gasteiger partial charge is 0.478 e. The van der Waals surface area contributed by atoms with Crippen molar-refractivity contribution in [2.75, 3.05) is 0 Å². The number of aromatic nitrogens is 4. The average molecular weight is 250 g/mol. The van der Waals surface area contributed by atoms with Crippen LogP contribution in [0.1, 0.15) is 16.2 Å². The Morgan fingerprint density at radius 1 is 1.47 bits per heavy atom. The van der Waals surface area contributed by atoms with Crippen LogP contribution in [0.25, 0.3) is 0 Å². The molecule has 0 fully saturated rings. The molecular formula is C10H10N4O2S. The molecule has 0 bridgehead atoms. The lowest BCUT2D eigenvalue weighted by molar-refractivity contribution is 0.0692. The molecule has 0 aliphatic carbocycles. The first kappa shape index (κ1) is 11.6. The summed E-state index contributed by atoms with van der Waals surface area (Å²) in [6.07, 6.45) is 2.88. The van der Waals surface area contributed by atoms with Crippen molar-refractivity contribution in [2.45, 2.75) is 17.0 Å². The van der Waals surface area contributed by atoms with Gasteiger partial charge in [0.05, 0.1) is 5.56 Å². The highest BCUT2D eigenvalue weighted by Crippen LogP contribution is 2.28. The number of hydrogen-bond donors (Lipinski definition) is 1. The number of pyridine rings is 1. The molecule has 1 N–H and O–H groups in total. The lowest BCUT2D eigenvalue weighted by atomic mass is 10.3. The highest BCUT2D eigenvalue weighted by Gasteiger charge is 2.14. The molecule has 0 unspecified atom stereocenters. The first-order valence-corrected chi connectivity index (χ1v) is 5.62. The highest BCUT2D eigenvalue weighted by molar-refractivity contribution is 7.99. The van der Waals surface area contributed by atoms with Crippen LogP contribution in [0.5, 0.6) is 0 Å². The zero-order chi connectivity index (χ0) is 12.4. The molecule has 2 aromatic rings. The Morgan fingerprint density at radius 2 is 2.24 bits per heavy atom. The highest BCUT2D eigenvalue weighted by atomic mass is 32.2. The number of carboxylic acids is 1. The first-order valence-electron chi connectivity index (χ1n) is 4.80. The van der Waals surface area contributed by atoms with Crippen molar-refractivity contribution in [3.05, 3.63) is 29.8 Å². The lowest BCUT2D eigenvalue weighted by Crippen LogP contribution is -2.00. The number of carboxylic acid groups (broad SMARTS) is 1. The minimum atomic E-state index is -1.00. The van der Waals surface area contributed by atoms with E-state index in [1.807, 2.05) is 14.0 Å². The van der Waals surface area contributed by atoms with Crippen LogP contribution in [0.15, 0.2) is 28.5 Å². The van der Waals surface area contributed by atoms with Crippen LogP contribution in [0.2, 0.25) is 0 Å². The molecule has 2 rings (SSSR count). The number of aromatic carboxylic acids is 1.